The zero-order chi connectivity index (χ0) is 9.90. The molecule has 1 atom stereocenters. The van der Waals surface area contributed by atoms with E-state index in [1.807, 2.05) is 13.8 Å². The van der Waals surface area contributed by atoms with Gasteiger partial charge in [0.25, 0.3) is 0 Å². The predicted molar refractivity (Wildman–Crippen MR) is 54.8 cm³/mol. The van der Waals surface area contributed by atoms with E-state index in [4.69, 9.17) is 0 Å². The summed E-state index contributed by atoms with van der Waals surface area (Å²) < 4.78 is 0. The fraction of sp³-hybridized carbons (Fsp3) is 1.00. The normalized spacial score (nSPS) is 25.4. The van der Waals surface area contributed by atoms with Gasteiger partial charge in [0, 0.05) is 13.1 Å². The predicted octanol–water partition coefficient (Wildman–Crippen LogP) is 0.299. The van der Waals surface area contributed by atoms with Crippen LogP contribution in [0, 0.1) is 5.92 Å². The first-order chi connectivity index (χ1) is 5.97. The summed E-state index contributed by atoms with van der Waals surface area (Å²) in [5.41, 5.74) is -0.579. The van der Waals surface area contributed by atoms with Crippen molar-refractivity contribution in [3.63, 3.8) is 0 Å². The first kappa shape index (κ1) is 11.0. The fourth-order valence-electron chi connectivity index (χ4n) is 1.78. The maximum Gasteiger partial charge on any atom is 0.0715 e. The van der Waals surface area contributed by atoms with Crippen molar-refractivity contribution in [3.8, 4) is 0 Å². The van der Waals surface area contributed by atoms with Crippen LogP contribution < -0.4 is 5.32 Å². The van der Waals surface area contributed by atoms with E-state index >= 15 is 0 Å². The van der Waals surface area contributed by atoms with Crippen LogP contribution in [0.4, 0.5) is 0 Å². The second kappa shape index (κ2) is 4.40. The average Bonchev–Trinajstić information content (AvgIpc) is 2.33. The van der Waals surface area contributed by atoms with Gasteiger partial charge in [0.1, 0.15) is 0 Å². The Balaban J connectivity index is 2.07. The summed E-state index contributed by atoms with van der Waals surface area (Å²) in [5, 5.41) is 12.8. The van der Waals surface area contributed by atoms with Crippen LogP contribution in [-0.4, -0.2) is 48.8 Å². The Morgan fingerprint density at radius 1 is 1.54 bits per heavy atom. The van der Waals surface area contributed by atoms with Crippen LogP contribution in [0.3, 0.4) is 0 Å². The van der Waals surface area contributed by atoms with E-state index in [9.17, 15) is 5.11 Å². The summed E-state index contributed by atoms with van der Waals surface area (Å²) in [7, 11) is 2.16. The quantitative estimate of drug-likeness (QED) is 0.663. The molecule has 1 aliphatic rings. The average molecular weight is 186 g/mol. The molecule has 0 radical (unpaired) electrons. The second-order valence-electron chi connectivity index (χ2n) is 4.86. The standard InChI is InChI=1S/C10H22N2O/c1-10(2,13)8-11-6-9-4-5-12(3)7-9/h9,11,13H,4-8H2,1-3H3. The Kier molecular flexibility index (Phi) is 3.71. The van der Waals surface area contributed by atoms with Crippen molar-refractivity contribution < 1.29 is 5.11 Å². The Bertz CT molecular complexity index is 153. The smallest absolute Gasteiger partial charge is 0.0715 e. The van der Waals surface area contributed by atoms with E-state index in [2.05, 4.69) is 17.3 Å². The van der Waals surface area contributed by atoms with Crippen molar-refractivity contribution in [2.75, 3.05) is 33.2 Å². The minimum absolute atomic E-state index is 0.579. The highest BCUT2D eigenvalue weighted by Crippen LogP contribution is 2.12. The van der Waals surface area contributed by atoms with Gasteiger partial charge in [-0.05, 0) is 46.3 Å². The Morgan fingerprint density at radius 2 is 2.23 bits per heavy atom. The van der Waals surface area contributed by atoms with Gasteiger partial charge in [0.05, 0.1) is 5.60 Å². The van der Waals surface area contributed by atoms with E-state index in [0.29, 0.717) is 6.54 Å². The summed E-state index contributed by atoms with van der Waals surface area (Å²) in [4.78, 5) is 2.36. The molecule has 1 fully saturated rings. The molecule has 78 valence electrons. The molecule has 1 saturated heterocycles. The molecule has 1 heterocycles. The van der Waals surface area contributed by atoms with E-state index in [1.54, 1.807) is 0 Å². The summed E-state index contributed by atoms with van der Waals surface area (Å²) in [6, 6.07) is 0. The number of aliphatic hydroxyl groups is 1. The molecule has 3 heteroatoms. The summed E-state index contributed by atoms with van der Waals surface area (Å²) in [6.07, 6.45) is 1.29. The molecule has 0 aromatic rings. The third kappa shape index (κ3) is 4.60. The highest BCUT2D eigenvalue weighted by atomic mass is 16.3. The molecule has 1 rings (SSSR count). The highest BCUT2D eigenvalue weighted by Gasteiger charge is 2.19. The van der Waals surface area contributed by atoms with Gasteiger partial charge in [-0.1, -0.05) is 0 Å². The van der Waals surface area contributed by atoms with Gasteiger partial charge >= 0.3 is 0 Å². The summed E-state index contributed by atoms with van der Waals surface area (Å²) in [6.45, 7) is 7.80. The third-order valence-electron chi connectivity index (χ3n) is 2.48. The minimum Gasteiger partial charge on any atom is -0.389 e. The maximum atomic E-state index is 9.47. The maximum absolute atomic E-state index is 9.47. The molecule has 2 N–H and O–H groups in total. The third-order valence-corrected chi connectivity index (χ3v) is 2.48. The second-order valence-corrected chi connectivity index (χ2v) is 4.86. The van der Waals surface area contributed by atoms with Gasteiger partial charge in [-0.2, -0.15) is 0 Å². The van der Waals surface area contributed by atoms with Crippen molar-refractivity contribution in [2.24, 2.45) is 5.92 Å². The van der Waals surface area contributed by atoms with E-state index < -0.39 is 5.60 Å². The van der Waals surface area contributed by atoms with Gasteiger partial charge in [-0.25, -0.2) is 0 Å². The molecule has 0 aromatic carbocycles. The number of hydrogen-bond donors (Lipinski definition) is 2. The van der Waals surface area contributed by atoms with E-state index in [1.165, 1.54) is 19.5 Å². The topological polar surface area (TPSA) is 35.5 Å². The summed E-state index contributed by atoms with van der Waals surface area (Å²) in [5.74, 6) is 0.771. The summed E-state index contributed by atoms with van der Waals surface area (Å²) >= 11 is 0. The molecule has 3 nitrogen and oxygen atoms in total. The van der Waals surface area contributed by atoms with Gasteiger partial charge in [-0.15, -0.1) is 0 Å². The number of nitrogens with one attached hydrogen (secondary N) is 1. The van der Waals surface area contributed by atoms with Crippen LogP contribution >= 0.6 is 0 Å². The number of rotatable bonds is 4. The van der Waals surface area contributed by atoms with Crippen molar-refractivity contribution >= 4 is 0 Å². The van der Waals surface area contributed by atoms with Crippen LogP contribution in [0.25, 0.3) is 0 Å². The molecule has 0 aliphatic carbocycles. The van der Waals surface area contributed by atoms with Gasteiger partial charge in [0.2, 0.25) is 0 Å². The molecule has 13 heavy (non-hydrogen) atoms. The first-order valence-corrected chi connectivity index (χ1v) is 5.09. The Morgan fingerprint density at radius 3 is 2.69 bits per heavy atom. The van der Waals surface area contributed by atoms with Gasteiger partial charge < -0.3 is 15.3 Å². The van der Waals surface area contributed by atoms with Crippen LogP contribution in [0.1, 0.15) is 20.3 Å². The molecule has 0 bridgehead atoms. The Hall–Kier alpha value is -0.120. The number of nitrogens with zero attached hydrogens (tertiary/aromatic N) is 1. The van der Waals surface area contributed by atoms with Gasteiger partial charge in [0.15, 0.2) is 0 Å². The van der Waals surface area contributed by atoms with Crippen LogP contribution in [-0.2, 0) is 0 Å². The molecule has 0 saturated carbocycles. The highest BCUT2D eigenvalue weighted by molar-refractivity contribution is 4.76. The van der Waals surface area contributed by atoms with Gasteiger partial charge in [-0.3, -0.25) is 0 Å². The monoisotopic (exact) mass is 186 g/mol. The SMILES string of the molecule is CN1CCC(CNCC(C)(C)O)C1. The fourth-order valence-corrected chi connectivity index (χ4v) is 1.78. The number of hydrogen-bond acceptors (Lipinski definition) is 3. The number of likely N-dealkylation sites (tertiary alicyclic amines) is 1. The van der Waals surface area contributed by atoms with Crippen LogP contribution in [0.5, 0.6) is 0 Å². The lowest BCUT2D eigenvalue weighted by molar-refractivity contribution is 0.0788. The molecular formula is C10H22N2O. The van der Waals surface area contributed by atoms with Crippen molar-refractivity contribution in [1.29, 1.82) is 0 Å². The van der Waals surface area contributed by atoms with Crippen molar-refractivity contribution in [2.45, 2.75) is 25.9 Å². The first-order valence-electron chi connectivity index (χ1n) is 5.09. The lowest BCUT2D eigenvalue weighted by atomic mass is 10.1. The molecule has 1 aliphatic heterocycles. The van der Waals surface area contributed by atoms with Crippen LogP contribution in [0.15, 0.2) is 0 Å². The van der Waals surface area contributed by atoms with E-state index in [-0.39, 0.29) is 0 Å². The minimum atomic E-state index is -0.579. The van der Waals surface area contributed by atoms with E-state index in [0.717, 1.165) is 12.5 Å². The lowest BCUT2D eigenvalue weighted by Crippen LogP contribution is -2.37. The van der Waals surface area contributed by atoms with Crippen molar-refractivity contribution in [1.82, 2.24) is 10.2 Å². The Labute approximate surface area is 81.1 Å². The molecular weight excluding hydrogens is 164 g/mol. The molecule has 0 amide bonds. The van der Waals surface area contributed by atoms with Crippen molar-refractivity contribution in [3.05, 3.63) is 0 Å². The largest absolute Gasteiger partial charge is 0.389 e. The molecule has 1 unspecified atom stereocenters. The van der Waals surface area contributed by atoms with Crippen LogP contribution in [0.2, 0.25) is 0 Å². The zero-order valence-corrected chi connectivity index (χ0v) is 9.01. The molecule has 0 spiro atoms. The zero-order valence-electron chi connectivity index (χ0n) is 9.01. The molecule has 0 aromatic heterocycles. The lowest BCUT2D eigenvalue weighted by Gasteiger charge is -2.19.